The van der Waals surface area contributed by atoms with Crippen molar-refractivity contribution >= 4 is 18.7 Å². The summed E-state index contributed by atoms with van der Waals surface area (Å²) in [6.45, 7) is 0. The Balaban J connectivity index is 2.55. The van der Waals surface area contributed by atoms with Crippen molar-refractivity contribution < 1.29 is 4.79 Å². The molecule has 1 N–H and O–H groups in total. The molecule has 0 aromatic rings. The summed E-state index contributed by atoms with van der Waals surface area (Å²) in [5, 5.41) is 0. The van der Waals surface area contributed by atoms with Gasteiger partial charge in [-0.25, -0.2) is 0 Å². The lowest BCUT2D eigenvalue weighted by Gasteiger charge is -1.95. The Morgan fingerprint density at radius 2 is 2.56 bits per heavy atom. The Morgan fingerprint density at radius 1 is 1.78 bits per heavy atom. The second-order valence-electron chi connectivity index (χ2n) is 1.77. The number of allylic oxidation sites excluding steroid dienone is 3. The maximum absolute atomic E-state index is 10.7. The average Bonchev–Trinajstić information content (AvgIpc) is 2.37. The number of amides is 1. The molecule has 2 nitrogen and oxygen atoms in total. The van der Waals surface area contributed by atoms with Crippen LogP contribution in [0.3, 0.4) is 0 Å². The van der Waals surface area contributed by atoms with Crippen LogP contribution < -0.4 is 4.72 Å². The third kappa shape index (κ3) is 1.36. The number of carbonyl (C=O) groups excluding carboxylic acids is 1. The zero-order chi connectivity index (χ0) is 6.69. The molecule has 1 amide bonds. The molecule has 1 rings (SSSR count). The van der Waals surface area contributed by atoms with Crippen molar-refractivity contribution in [2.75, 3.05) is 0 Å². The molecule has 0 radical (unpaired) electrons. The average molecular weight is 141 g/mol. The summed E-state index contributed by atoms with van der Waals surface area (Å²) >= 11 is 3.62. The number of hydrogen-bond donors (Lipinski definition) is 2. The molecule has 0 saturated carbocycles. The molecule has 0 aliphatic heterocycles. The van der Waals surface area contributed by atoms with Crippen molar-refractivity contribution in [2.45, 2.75) is 6.42 Å². The Labute approximate surface area is 59.2 Å². The third-order valence-corrected chi connectivity index (χ3v) is 1.37. The highest BCUT2D eigenvalue weighted by Gasteiger charge is 2.06. The summed E-state index contributed by atoms with van der Waals surface area (Å²) in [6.07, 6.45) is 6.30. The SMILES string of the molecule is O=C(NS)C1=CC=CC1. The molecular formula is C6H7NOS. The first-order chi connectivity index (χ1) is 4.34. The molecule has 1 aliphatic rings. The zero-order valence-corrected chi connectivity index (χ0v) is 5.69. The van der Waals surface area contributed by atoms with Crippen molar-refractivity contribution in [2.24, 2.45) is 0 Å². The molecule has 1 aliphatic carbocycles. The van der Waals surface area contributed by atoms with Gasteiger partial charge in [-0.15, -0.1) is 0 Å². The summed E-state index contributed by atoms with van der Waals surface area (Å²) in [4.78, 5) is 10.7. The minimum absolute atomic E-state index is 0.108. The van der Waals surface area contributed by atoms with E-state index in [0.29, 0.717) is 0 Å². The van der Waals surface area contributed by atoms with Gasteiger partial charge in [0, 0.05) is 5.57 Å². The predicted octanol–water partition coefficient (Wildman–Crippen LogP) is 0.834. The van der Waals surface area contributed by atoms with Crippen LogP contribution in [0.5, 0.6) is 0 Å². The first-order valence-electron chi connectivity index (χ1n) is 2.64. The van der Waals surface area contributed by atoms with Gasteiger partial charge in [0.05, 0.1) is 0 Å². The molecule has 9 heavy (non-hydrogen) atoms. The monoisotopic (exact) mass is 141 g/mol. The smallest absolute Gasteiger partial charge is 0.257 e. The van der Waals surface area contributed by atoms with Crippen LogP contribution in [0.15, 0.2) is 23.8 Å². The highest BCUT2D eigenvalue weighted by atomic mass is 32.1. The van der Waals surface area contributed by atoms with Crippen LogP contribution in [-0.2, 0) is 4.79 Å². The molecule has 3 heteroatoms. The summed E-state index contributed by atoms with van der Waals surface area (Å²) in [5.74, 6) is -0.108. The fraction of sp³-hybridized carbons (Fsp3) is 0.167. The molecule has 0 fully saturated rings. The van der Waals surface area contributed by atoms with E-state index in [1.807, 2.05) is 12.2 Å². The quantitative estimate of drug-likeness (QED) is 0.520. The van der Waals surface area contributed by atoms with Crippen molar-refractivity contribution in [3.63, 3.8) is 0 Å². The normalized spacial score (nSPS) is 15.4. The molecule has 0 heterocycles. The van der Waals surface area contributed by atoms with Crippen molar-refractivity contribution in [3.05, 3.63) is 23.8 Å². The van der Waals surface area contributed by atoms with Gasteiger partial charge in [0.2, 0.25) is 0 Å². The standard InChI is InChI=1S/C6H7NOS/c8-6(7-9)5-3-1-2-4-5/h1-3,9H,4H2,(H,7,8). The van der Waals surface area contributed by atoms with Crippen LogP contribution in [0, 0.1) is 0 Å². The summed E-state index contributed by atoms with van der Waals surface area (Å²) < 4.78 is 2.25. The van der Waals surface area contributed by atoms with Crippen LogP contribution in [0.1, 0.15) is 6.42 Å². The Bertz CT molecular complexity index is 183. The lowest BCUT2D eigenvalue weighted by atomic mass is 10.2. The van der Waals surface area contributed by atoms with Gasteiger partial charge in [0.25, 0.3) is 5.91 Å². The second-order valence-corrected chi connectivity index (χ2v) is 1.99. The van der Waals surface area contributed by atoms with Gasteiger partial charge in [-0.3, -0.25) is 9.52 Å². The number of hydrogen-bond acceptors (Lipinski definition) is 2. The fourth-order valence-corrected chi connectivity index (χ4v) is 0.831. The molecule has 0 spiro atoms. The number of thiol groups is 1. The highest BCUT2D eigenvalue weighted by Crippen LogP contribution is 2.09. The van der Waals surface area contributed by atoms with E-state index in [9.17, 15) is 4.79 Å². The first kappa shape index (κ1) is 6.42. The second kappa shape index (κ2) is 2.73. The van der Waals surface area contributed by atoms with Crippen LogP contribution in [0.25, 0.3) is 0 Å². The summed E-state index contributed by atoms with van der Waals surface area (Å²) in [7, 11) is 0. The predicted molar refractivity (Wildman–Crippen MR) is 39.0 cm³/mol. The summed E-state index contributed by atoms with van der Waals surface area (Å²) in [6, 6.07) is 0. The topological polar surface area (TPSA) is 29.1 Å². The van der Waals surface area contributed by atoms with E-state index in [-0.39, 0.29) is 5.91 Å². The molecule has 0 unspecified atom stereocenters. The third-order valence-electron chi connectivity index (χ3n) is 1.16. The van der Waals surface area contributed by atoms with E-state index < -0.39 is 0 Å². The molecule has 0 bridgehead atoms. The number of nitrogens with one attached hydrogen (secondary N) is 1. The van der Waals surface area contributed by atoms with Crippen LogP contribution in [0.2, 0.25) is 0 Å². The van der Waals surface area contributed by atoms with Crippen LogP contribution in [0.4, 0.5) is 0 Å². The minimum atomic E-state index is -0.108. The summed E-state index contributed by atoms with van der Waals surface area (Å²) in [5.41, 5.74) is 0.769. The largest absolute Gasteiger partial charge is 0.299 e. The van der Waals surface area contributed by atoms with E-state index >= 15 is 0 Å². The molecule has 0 saturated heterocycles. The van der Waals surface area contributed by atoms with Crippen molar-refractivity contribution in [1.29, 1.82) is 0 Å². The Hall–Kier alpha value is -0.700. The van der Waals surface area contributed by atoms with E-state index in [4.69, 9.17) is 0 Å². The van der Waals surface area contributed by atoms with Gasteiger partial charge in [-0.1, -0.05) is 31.0 Å². The van der Waals surface area contributed by atoms with E-state index in [0.717, 1.165) is 12.0 Å². The van der Waals surface area contributed by atoms with Gasteiger partial charge in [0.1, 0.15) is 0 Å². The van der Waals surface area contributed by atoms with E-state index in [2.05, 4.69) is 17.5 Å². The molecule has 48 valence electrons. The zero-order valence-electron chi connectivity index (χ0n) is 4.79. The first-order valence-corrected chi connectivity index (χ1v) is 3.09. The van der Waals surface area contributed by atoms with Gasteiger partial charge < -0.3 is 0 Å². The van der Waals surface area contributed by atoms with Gasteiger partial charge >= 0.3 is 0 Å². The highest BCUT2D eigenvalue weighted by molar-refractivity contribution is 7.78. The molecule has 0 aromatic heterocycles. The lowest BCUT2D eigenvalue weighted by molar-refractivity contribution is -0.115. The van der Waals surface area contributed by atoms with E-state index in [1.54, 1.807) is 6.08 Å². The molecular weight excluding hydrogens is 134 g/mol. The maximum atomic E-state index is 10.7. The number of rotatable bonds is 1. The van der Waals surface area contributed by atoms with Crippen molar-refractivity contribution in [1.82, 2.24) is 4.72 Å². The van der Waals surface area contributed by atoms with Gasteiger partial charge in [-0.05, 0) is 6.42 Å². The fourth-order valence-electron chi connectivity index (χ4n) is 0.687. The van der Waals surface area contributed by atoms with Crippen LogP contribution in [-0.4, -0.2) is 5.91 Å². The maximum Gasteiger partial charge on any atom is 0.257 e. The Kier molecular flexibility index (Phi) is 1.95. The minimum Gasteiger partial charge on any atom is -0.299 e. The number of carbonyl (C=O) groups is 1. The van der Waals surface area contributed by atoms with Gasteiger partial charge in [-0.2, -0.15) is 0 Å². The van der Waals surface area contributed by atoms with E-state index in [1.165, 1.54) is 0 Å². The molecule has 0 atom stereocenters. The molecule has 0 aromatic carbocycles. The lowest BCUT2D eigenvalue weighted by Crippen LogP contribution is -2.13. The van der Waals surface area contributed by atoms with Crippen molar-refractivity contribution in [3.8, 4) is 0 Å². The van der Waals surface area contributed by atoms with Crippen LogP contribution >= 0.6 is 12.8 Å². The van der Waals surface area contributed by atoms with Gasteiger partial charge in [0.15, 0.2) is 0 Å². The Morgan fingerprint density at radius 3 is 3.00 bits per heavy atom.